The molecular formula is C14H19NO. The molecule has 0 saturated heterocycles. The fourth-order valence-electron chi connectivity index (χ4n) is 2.35. The fourth-order valence-corrected chi connectivity index (χ4v) is 2.35. The molecule has 2 heteroatoms. The standard InChI is InChI=1S/C14H19NO/c1-9(2)8-13-10(3)14(16)11-6-4-5-7-12(11)15-13/h4-7,9-10,13,15H,8H2,1-3H3. The van der Waals surface area contributed by atoms with Crippen LogP contribution in [0, 0.1) is 11.8 Å². The van der Waals surface area contributed by atoms with Crippen molar-refractivity contribution in [3.63, 3.8) is 0 Å². The number of hydrogen-bond acceptors (Lipinski definition) is 2. The van der Waals surface area contributed by atoms with E-state index in [0.29, 0.717) is 5.92 Å². The molecule has 0 fully saturated rings. The number of Topliss-reactive ketones (excluding diaryl/α,β-unsaturated/α-hetero) is 1. The Bertz CT molecular complexity index is 397. The van der Waals surface area contributed by atoms with E-state index in [1.165, 1.54) is 0 Å². The molecule has 1 aliphatic heterocycles. The number of fused-ring (bicyclic) bond motifs is 1. The lowest BCUT2D eigenvalue weighted by Crippen LogP contribution is -2.38. The summed E-state index contributed by atoms with van der Waals surface area (Å²) >= 11 is 0. The van der Waals surface area contributed by atoms with Gasteiger partial charge in [0.1, 0.15) is 0 Å². The topological polar surface area (TPSA) is 29.1 Å². The first-order valence-corrected chi connectivity index (χ1v) is 5.99. The van der Waals surface area contributed by atoms with Crippen molar-refractivity contribution in [2.75, 3.05) is 5.32 Å². The van der Waals surface area contributed by atoms with Crippen LogP contribution in [0.25, 0.3) is 0 Å². The molecule has 1 aliphatic rings. The van der Waals surface area contributed by atoms with E-state index >= 15 is 0 Å². The van der Waals surface area contributed by atoms with Crippen LogP contribution in [0.1, 0.15) is 37.6 Å². The third-order valence-corrected chi connectivity index (χ3v) is 3.28. The lowest BCUT2D eigenvalue weighted by Gasteiger charge is -2.32. The van der Waals surface area contributed by atoms with E-state index in [9.17, 15) is 4.79 Å². The Morgan fingerprint density at radius 3 is 2.69 bits per heavy atom. The van der Waals surface area contributed by atoms with Crippen LogP contribution in [0.15, 0.2) is 24.3 Å². The Kier molecular flexibility index (Phi) is 2.99. The third kappa shape index (κ3) is 1.97. The molecule has 2 atom stereocenters. The van der Waals surface area contributed by atoms with Crippen molar-refractivity contribution in [2.24, 2.45) is 11.8 Å². The van der Waals surface area contributed by atoms with Crippen LogP contribution >= 0.6 is 0 Å². The average molecular weight is 217 g/mol. The van der Waals surface area contributed by atoms with Gasteiger partial charge < -0.3 is 5.32 Å². The van der Waals surface area contributed by atoms with Gasteiger partial charge in [0.2, 0.25) is 0 Å². The van der Waals surface area contributed by atoms with Crippen LogP contribution in [-0.4, -0.2) is 11.8 Å². The lowest BCUT2D eigenvalue weighted by atomic mass is 9.83. The van der Waals surface area contributed by atoms with E-state index in [0.717, 1.165) is 17.7 Å². The Balaban J connectivity index is 2.28. The van der Waals surface area contributed by atoms with Gasteiger partial charge in [-0.05, 0) is 24.5 Å². The van der Waals surface area contributed by atoms with Gasteiger partial charge in [-0.25, -0.2) is 0 Å². The van der Waals surface area contributed by atoms with Crippen LogP contribution in [0.5, 0.6) is 0 Å². The minimum Gasteiger partial charge on any atom is -0.381 e. The molecule has 1 aromatic rings. The zero-order chi connectivity index (χ0) is 11.7. The smallest absolute Gasteiger partial charge is 0.169 e. The van der Waals surface area contributed by atoms with Crippen LogP contribution in [0.2, 0.25) is 0 Å². The van der Waals surface area contributed by atoms with Crippen molar-refractivity contribution in [1.29, 1.82) is 0 Å². The van der Waals surface area contributed by atoms with Gasteiger partial charge in [-0.15, -0.1) is 0 Å². The highest BCUT2D eigenvalue weighted by atomic mass is 16.1. The number of nitrogens with one attached hydrogen (secondary N) is 1. The minimum absolute atomic E-state index is 0.0808. The van der Waals surface area contributed by atoms with E-state index < -0.39 is 0 Å². The Morgan fingerprint density at radius 1 is 1.31 bits per heavy atom. The molecule has 0 saturated carbocycles. The number of anilines is 1. The Morgan fingerprint density at radius 2 is 2.00 bits per heavy atom. The summed E-state index contributed by atoms with van der Waals surface area (Å²) in [6, 6.07) is 8.08. The largest absolute Gasteiger partial charge is 0.381 e. The molecule has 1 N–H and O–H groups in total. The summed E-state index contributed by atoms with van der Waals surface area (Å²) in [6.45, 7) is 6.41. The summed E-state index contributed by atoms with van der Waals surface area (Å²) in [5.74, 6) is 0.968. The second-order valence-electron chi connectivity index (χ2n) is 5.08. The molecule has 0 bridgehead atoms. The second kappa shape index (κ2) is 4.28. The van der Waals surface area contributed by atoms with E-state index in [1.807, 2.05) is 31.2 Å². The summed E-state index contributed by atoms with van der Waals surface area (Å²) in [5.41, 5.74) is 1.84. The summed E-state index contributed by atoms with van der Waals surface area (Å²) in [5, 5.41) is 3.49. The Hall–Kier alpha value is -1.31. The highest BCUT2D eigenvalue weighted by Crippen LogP contribution is 2.30. The van der Waals surface area contributed by atoms with Gasteiger partial charge in [-0.3, -0.25) is 4.79 Å². The first-order valence-electron chi connectivity index (χ1n) is 5.99. The van der Waals surface area contributed by atoms with Gasteiger partial charge in [0, 0.05) is 23.2 Å². The normalized spacial score (nSPS) is 24.1. The molecule has 0 radical (unpaired) electrons. The molecule has 0 aromatic heterocycles. The minimum atomic E-state index is 0.0808. The highest BCUT2D eigenvalue weighted by Gasteiger charge is 2.31. The maximum Gasteiger partial charge on any atom is 0.169 e. The van der Waals surface area contributed by atoms with Crippen LogP contribution in [-0.2, 0) is 0 Å². The van der Waals surface area contributed by atoms with Crippen molar-refractivity contribution in [3.05, 3.63) is 29.8 Å². The molecule has 0 aliphatic carbocycles. The van der Waals surface area contributed by atoms with E-state index in [4.69, 9.17) is 0 Å². The SMILES string of the molecule is CC(C)CC1Nc2ccccc2C(=O)C1C. The molecule has 1 heterocycles. The molecule has 2 unspecified atom stereocenters. The van der Waals surface area contributed by atoms with E-state index in [-0.39, 0.29) is 17.7 Å². The molecule has 2 nitrogen and oxygen atoms in total. The molecule has 16 heavy (non-hydrogen) atoms. The molecule has 0 amide bonds. The van der Waals surface area contributed by atoms with E-state index in [2.05, 4.69) is 19.2 Å². The van der Waals surface area contributed by atoms with Crippen molar-refractivity contribution in [2.45, 2.75) is 33.2 Å². The fraction of sp³-hybridized carbons (Fsp3) is 0.500. The van der Waals surface area contributed by atoms with Gasteiger partial charge in [-0.1, -0.05) is 32.9 Å². The number of carbonyl (C=O) groups excluding carboxylic acids is 1. The molecule has 1 aromatic carbocycles. The number of benzene rings is 1. The van der Waals surface area contributed by atoms with Crippen molar-refractivity contribution in [1.82, 2.24) is 0 Å². The number of hydrogen-bond donors (Lipinski definition) is 1. The maximum atomic E-state index is 12.2. The summed E-state index contributed by atoms with van der Waals surface area (Å²) in [7, 11) is 0. The summed E-state index contributed by atoms with van der Waals surface area (Å²) in [6.07, 6.45) is 1.04. The van der Waals surface area contributed by atoms with Crippen LogP contribution in [0.4, 0.5) is 5.69 Å². The number of carbonyl (C=O) groups is 1. The molecule has 2 rings (SSSR count). The van der Waals surface area contributed by atoms with Gasteiger partial charge in [0.25, 0.3) is 0 Å². The van der Waals surface area contributed by atoms with Gasteiger partial charge in [0.15, 0.2) is 5.78 Å². The second-order valence-corrected chi connectivity index (χ2v) is 5.08. The van der Waals surface area contributed by atoms with Crippen molar-refractivity contribution >= 4 is 11.5 Å². The Labute approximate surface area is 97.1 Å². The first-order chi connectivity index (χ1) is 7.59. The highest BCUT2D eigenvalue weighted by molar-refractivity contribution is 6.04. The maximum absolute atomic E-state index is 12.2. The number of ketones is 1. The molecular weight excluding hydrogens is 198 g/mol. The zero-order valence-electron chi connectivity index (χ0n) is 10.2. The zero-order valence-corrected chi connectivity index (χ0v) is 10.2. The van der Waals surface area contributed by atoms with Gasteiger partial charge in [0.05, 0.1) is 0 Å². The molecule has 0 spiro atoms. The number of para-hydroxylation sites is 1. The van der Waals surface area contributed by atoms with Gasteiger partial charge in [-0.2, -0.15) is 0 Å². The number of rotatable bonds is 2. The summed E-state index contributed by atoms with van der Waals surface area (Å²) < 4.78 is 0. The van der Waals surface area contributed by atoms with Gasteiger partial charge >= 0.3 is 0 Å². The quantitative estimate of drug-likeness (QED) is 0.823. The predicted molar refractivity (Wildman–Crippen MR) is 66.8 cm³/mol. The molecule has 86 valence electrons. The van der Waals surface area contributed by atoms with Crippen molar-refractivity contribution in [3.8, 4) is 0 Å². The average Bonchev–Trinajstić information content (AvgIpc) is 2.25. The summed E-state index contributed by atoms with van der Waals surface area (Å²) in [4.78, 5) is 12.2. The third-order valence-electron chi connectivity index (χ3n) is 3.28. The van der Waals surface area contributed by atoms with Crippen LogP contribution in [0.3, 0.4) is 0 Å². The lowest BCUT2D eigenvalue weighted by molar-refractivity contribution is 0.0905. The predicted octanol–water partition coefficient (Wildman–Crippen LogP) is 3.35. The van der Waals surface area contributed by atoms with Crippen LogP contribution < -0.4 is 5.32 Å². The van der Waals surface area contributed by atoms with E-state index in [1.54, 1.807) is 0 Å². The monoisotopic (exact) mass is 217 g/mol. The van der Waals surface area contributed by atoms with Crippen molar-refractivity contribution < 1.29 is 4.79 Å². The first kappa shape index (κ1) is 11.2.